The number of carbonyl (C=O) groups is 5. The summed E-state index contributed by atoms with van der Waals surface area (Å²) in [7, 11) is 3.06. The number of piperidine rings is 1. The summed E-state index contributed by atoms with van der Waals surface area (Å²) in [6.07, 6.45) is 4.93. The molecule has 1 saturated carbocycles. The molecule has 13 unspecified atom stereocenters. The van der Waals surface area contributed by atoms with Gasteiger partial charge >= 0.3 is 5.97 Å². The second kappa shape index (κ2) is 21.4. The first-order valence-corrected chi connectivity index (χ1v) is 21.3. The summed E-state index contributed by atoms with van der Waals surface area (Å²) in [5.74, 6) is -7.71. The Morgan fingerprint density at radius 3 is 2.34 bits per heavy atom. The Hall–Kier alpha value is -3.07. The average molecular weight is 816 g/mol. The van der Waals surface area contributed by atoms with Crippen molar-refractivity contribution in [2.24, 2.45) is 29.6 Å². The molecule has 0 aromatic heterocycles. The number of rotatable bonds is 8. The van der Waals surface area contributed by atoms with Crippen LogP contribution in [0.2, 0.25) is 0 Å². The van der Waals surface area contributed by atoms with E-state index in [-0.39, 0.29) is 55.8 Å². The molecule has 0 aromatic rings. The molecular formula is C45H69NO12. The second-order valence-electron chi connectivity index (χ2n) is 17.4. The Labute approximate surface area is 344 Å². The predicted octanol–water partition coefficient (Wildman–Crippen LogP) is 5.24. The molecule has 3 aliphatic heterocycles. The minimum absolute atomic E-state index is 0.0158. The fourth-order valence-corrected chi connectivity index (χ4v) is 9.35. The van der Waals surface area contributed by atoms with Crippen molar-refractivity contribution in [1.29, 1.82) is 0 Å². The molecule has 326 valence electrons. The first kappa shape index (κ1) is 47.6. The number of cyclic esters (lactones) is 1. The van der Waals surface area contributed by atoms with Crippen LogP contribution in [0.4, 0.5) is 0 Å². The molecule has 1 aliphatic carbocycles. The topological polar surface area (TPSA) is 175 Å². The van der Waals surface area contributed by atoms with E-state index < -0.39 is 83.9 Å². The van der Waals surface area contributed by atoms with Crippen LogP contribution < -0.4 is 0 Å². The van der Waals surface area contributed by atoms with Crippen molar-refractivity contribution >= 4 is 29.2 Å². The van der Waals surface area contributed by atoms with Gasteiger partial charge in [-0.1, -0.05) is 51.5 Å². The standard InChI is InChI=1S/C45H69NO12/c1-10-18-56-37-24-31(15-16-34(37)47)22-28(5)40-30(7)35(48)25-36(49)32(11-2)20-26(3)19-27(4)21-38(54-8)41-39(55-9)23-29(6)45(53,58-41)42(50)43(51)46-17-13-12-14-33(46)44(52)57-40/h10,20,22,27,29-33,35,37-41,48,53H,1,11-19,21,23-25H2,2-9H3. The SMILES string of the molecule is C=CCOC1CC(C=C(C)C2OC(=O)C3CCCCN3C(=O)C(=O)C3(O)OC(C(OC)CC(C)CC(C)=CC(CC)C(=O)CC(O)C2C)C(OC)CC3C)CCC1=O. The van der Waals surface area contributed by atoms with Gasteiger partial charge in [0, 0.05) is 51.4 Å². The van der Waals surface area contributed by atoms with Gasteiger partial charge in [0.25, 0.3) is 11.7 Å². The lowest BCUT2D eigenvalue weighted by Crippen LogP contribution is -2.64. The third kappa shape index (κ3) is 11.4. The number of ketones is 3. The Morgan fingerprint density at radius 1 is 1.00 bits per heavy atom. The smallest absolute Gasteiger partial charge is 0.329 e. The number of methoxy groups -OCH3 is 2. The van der Waals surface area contributed by atoms with E-state index >= 15 is 0 Å². The van der Waals surface area contributed by atoms with Crippen LogP contribution in [0.15, 0.2) is 36.0 Å². The molecule has 13 nitrogen and oxygen atoms in total. The van der Waals surface area contributed by atoms with Crippen LogP contribution >= 0.6 is 0 Å². The lowest BCUT2D eigenvalue weighted by atomic mass is 9.82. The van der Waals surface area contributed by atoms with E-state index in [0.717, 1.165) is 5.57 Å². The molecule has 3 heterocycles. The number of aliphatic hydroxyl groups is 2. The van der Waals surface area contributed by atoms with Crippen LogP contribution in [-0.4, -0.2) is 120 Å². The second-order valence-corrected chi connectivity index (χ2v) is 17.4. The van der Waals surface area contributed by atoms with Crippen molar-refractivity contribution in [2.45, 2.75) is 161 Å². The highest BCUT2D eigenvalue weighted by atomic mass is 16.7. The highest BCUT2D eigenvalue weighted by molar-refractivity contribution is 6.39. The minimum atomic E-state index is -2.51. The number of hydrogen-bond acceptors (Lipinski definition) is 12. The van der Waals surface area contributed by atoms with Gasteiger partial charge in [0.1, 0.15) is 30.1 Å². The number of fused-ring (bicyclic) bond motifs is 3. The van der Waals surface area contributed by atoms with E-state index in [4.69, 9.17) is 23.7 Å². The highest BCUT2D eigenvalue weighted by Gasteiger charge is 2.56. The van der Waals surface area contributed by atoms with Crippen molar-refractivity contribution in [1.82, 2.24) is 4.90 Å². The van der Waals surface area contributed by atoms with Crippen molar-refractivity contribution in [2.75, 3.05) is 27.4 Å². The van der Waals surface area contributed by atoms with Crippen molar-refractivity contribution in [3.05, 3.63) is 36.0 Å². The van der Waals surface area contributed by atoms with Crippen molar-refractivity contribution in [3.8, 4) is 0 Å². The molecule has 4 aliphatic rings. The van der Waals surface area contributed by atoms with Gasteiger partial charge in [-0.15, -0.1) is 6.58 Å². The summed E-state index contributed by atoms with van der Waals surface area (Å²) in [6, 6.07) is -1.15. The number of allylic oxidation sites excluding steroid dienone is 3. The van der Waals surface area contributed by atoms with Crippen molar-refractivity contribution in [3.63, 3.8) is 0 Å². The molecule has 3 fully saturated rings. The molecular weight excluding hydrogens is 746 g/mol. The molecule has 2 N–H and O–H groups in total. The Morgan fingerprint density at radius 2 is 1.69 bits per heavy atom. The molecule has 0 aromatic carbocycles. The van der Waals surface area contributed by atoms with Crippen LogP contribution in [0.5, 0.6) is 0 Å². The normalized spacial score (nSPS) is 38.3. The maximum atomic E-state index is 14.3. The number of hydrogen-bond donors (Lipinski definition) is 2. The van der Waals surface area contributed by atoms with Gasteiger partial charge in [-0.2, -0.15) is 0 Å². The van der Waals surface area contributed by atoms with Crippen LogP contribution in [0.25, 0.3) is 0 Å². The zero-order chi connectivity index (χ0) is 42.9. The molecule has 2 saturated heterocycles. The number of Topliss-reactive ketones (excluding diaryl/α,β-unsaturated/α-hetero) is 3. The molecule has 13 heteroatoms. The number of carbonyl (C=O) groups excluding carboxylic acids is 5. The van der Waals surface area contributed by atoms with Crippen LogP contribution in [-0.2, 0) is 47.7 Å². The zero-order valence-corrected chi connectivity index (χ0v) is 36.0. The molecule has 0 spiro atoms. The van der Waals surface area contributed by atoms with Gasteiger partial charge in [-0.25, -0.2) is 4.79 Å². The van der Waals surface area contributed by atoms with Gasteiger partial charge in [0.2, 0.25) is 5.79 Å². The van der Waals surface area contributed by atoms with E-state index in [1.54, 1.807) is 26.8 Å². The molecule has 4 rings (SSSR count). The van der Waals surface area contributed by atoms with Gasteiger partial charge < -0.3 is 38.8 Å². The summed E-state index contributed by atoms with van der Waals surface area (Å²) < 4.78 is 30.0. The number of amides is 1. The third-order valence-corrected chi connectivity index (χ3v) is 12.8. The number of ether oxygens (including phenoxy) is 5. The fraction of sp³-hybridized carbons (Fsp3) is 0.756. The van der Waals surface area contributed by atoms with Crippen LogP contribution in [0.1, 0.15) is 112 Å². The quantitative estimate of drug-likeness (QED) is 0.186. The fourth-order valence-electron chi connectivity index (χ4n) is 9.35. The third-order valence-electron chi connectivity index (χ3n) is 12.8. The number of aliphatic hydroxyl groups excluding tert-OH is 1. The summed E-state index contributed by atoms with van der Waals surface area (Å²) in [4.78, 5) is 70.4. The molecule has 58 heavy (non-hydrogen) atoms. The number of nitrogens with zero attached hydrogens (tertiary/aromatic N) is 1. The summed E-state index contributed by atoms with van der Waals surface area (Å²) >= 11 is 0. The lowest BCUT2D eigenvalue weighted by Gasteiger charge is -2.47. The molecule has 0 radical (unpaired) electrons. The first-order valence-electron chi connectivity index (χ1n) is 21.3. The maximum Gasteiger partial charge on any atom is 0.329 e. The lowest BCUT2D eigenvalue weighted by molar-refractivity contribution is -0.302. The van der Waals surface area contributed by atoms with Gasteiger partial charge in [-0.3, -0.25) is 19.2 Å². The summed E-state index contributed by atoms with van der Waals surface area (Å²) in [6.45, 7) is 15.1. The van der Waals surface area contributed by atoms with Crippen LogP contribution in [0, 0.1) is 29.6 Å². The van der Waals surface area contributed by atoms with Gasteiger partial charge in [-0.05, 0) is 89.0 Å². The minimum Gasteiger partial charge on any atom is -0.456 e. The van der Waals surface area contributed by atoms with E-state index in [1.807, 2.05) is 32.9 Å². The first-order chi connectivity index (χ1) is 27.5. The molecule has 13 atom stereocenters. The largest absolute Gasteiger partial charge is 0.456 e. The number of esters is 1. The highest BCUT2D eigenvalue weighted by Crippen LogP contribution is 2.39. The monoisotopic (exact) mass is 815 g/mol. The Kier molecular flexibility index (Phi) is 17.6. The van der Waals surface area contributed by atoms with Gasteiger partial charge in [0.05, 0.1) is 24.9 Å². The zero-order valence-electron chi connectivity index (χ0n) is 36.0. The predicted molar refractivity (Wildman–Crippen MR) is 216 cm³/mol. The summed E-state index contributed by atoms with van der Waals surface area (Å²) in [5, 5.41) is 23.7. The van der Waals surface area contributed by atoms with E-state index in [1.165, 1.54) is 19.1 Å². The summed E-state index contributed by atoms with van der Waals surface area (Å²) in [5.41, 5.74) is 1.61. The van der Waals surface area contributed by atoms with E-state index in [9.17, 15) is 34.2 Å². The Bertz CT molecular complexity index is 1540. The Balaban J connectivity index is 1.76. The maximum absolute atomic E-state index is 14.3. The molecule has 1 amide bonds. The molecule has 2 bridgehead atoms. The average Bonchev–Trinajstić information content (AvgIpc) is 3.20. The van der Waals surface area contributed by atoms with Gasteiger partial charge in [0.15, 0.2) is 5.78 Å². The van der Waals surface area contributed by atoms with Crippen LogP contribution in [0.3, 0.4) is 0 Å². The van der Waals surface area contributed by atoms with E-state index in [0.29, 0.717) is 56.9 Å². The van der Waals surface area contributed by atoms with Crippen molar-refractivity contribution < 1.29 is 57.9 Å². The van der Waals surface area contributed by atoms with E-state index in [2.05, 4.69) is 6.58 Å².